The minimum absolute atomic E-state index is 1.12. The minimum atomic E-state index is 1.12. The smallest absolute Gasteiger partial charge is 0.0540 e. The van der Waals surface area contributed by atoms with E-state index in [0.29, 0.717) is 0 Å². The molecule has 2 heteroatoms. The van der Waals surface area contributed by atoms with Gasteiger partial charge < -0.3 is 9.47 Å². The van der Waals surface area contributed by atoms with Crippen LogP contribution in [0.1, 0.15) is 46.5 Å². The Morgan fingerprint density at radius 1 is 0.433 bits per heavy atom. The fraction of sp³-hybridized carbons (Fsp3) is 0.103. The van der Waals surface area contributed by atoms with Gasteiger partial charge in [0, 0.05) is 33.5 Å². The zero-order valence-corrected chi connectivity index (χ0v) is 34.2. The maximum Gasteiger partial charge on any atom is 0.0540 e. The van der Waals surface area contributed by atoms with Crippen LogP contribution in [-0.2, 0) is 12.8 Å². The molecule has 2 aliphatic rings. The van der Waals surface area contributed by atoms with Crippen LogP contribution in [0.15, 0.2) is 182 Å². The van der Waals surface area contributed by atoms with Gasteiger partial charge in [0.15, 0.2) is 0 Å². The number of benzene rings is 8. The molecule has 0 aliphatic heterocycles. The molecule has 288 valence electrons. The molecule has 0 unspecified atom stereocenters. The van der Waals surface area contributed by atoms with E-state index in [9.17, 15) is 0 Å². The summed E-state index contributed by atoms with van der Waals surface area (Å²) >= 11 is 0. The van der Waals surface area contributed by atoms with Crippen molar-refractivity contribution in [3.05, 3.63) is 216 Å². The molecular formula is C58H46N2. The van der Waals surface area contributed by atoms with Crippen LogP contribution in [0, 0.1) is 13.8 Å². The van der Waals surface area contributed by atoms with Gasteiger partial charge >= 0.3 is 0 Å². The van der Waals surface area contributed by atoms with Crippen LogP contribution in [0.2, 0.25) is 0 Å². The van der Waals surface area contributed by atoms with Crippen molar-refractivity contribution in [2.45, 2.75) is 39.5 Å². The molecule has 0 bridgehead atoms. The lowest BCUT2D eigenvalue weighted by atomic mass is 9.90. The number of allylic oxidation sites excluding steroid dienone is 2. The van der Waals surface area contributed by atoms with Crippen molar-refractivity contribution < 1.29 is 0 Å². The van der Waals surface area contributed by atoms with E-state index in [2.05, 4.69) is 217 Å². The Morgan fingerprint density at radius 3 is 1.75 bits per heavy atom. The van der Waals surface area contributed by atoms with Crippen molar-refractivity contribution in [1.82, 2.24) is 4.57 Å². The van der Waals surface area contributed by atoms with Crippen LogP contribution in [0.4, 0.5) is 17.1 Å². The Balaban J connectivity index is 1.01. The molecule has 0 N–H and O–H groups in total. The first kappa shape index (κ1) is 36.0. The number of hydrogen-bond acceptors (Lipinski definition) is 1. The summed E-state index contributed by atoms with van der Waals surface area (Å²) in [6.45, 7) is 4.42. The standard InChI is InChI=1S/C58H46N2/c1-39-14-3-5-17-47(39)54-38-44(27-26-40(54)2)48-36-37-58(51-20-8-7-19-50(48)51)59(55-25-13-16-43-15-4-6-18-49(43)55)45-32-28-41(29-33-45)42-30-34-46(35-31-42)60-56-23-11-9-21-52(56)53-22-10-12-24-57(53)60/h3-8,11-20,23-38H,9-10,21-22H2,1-2H3. The van der Waals surface area contributed by atoms with Gasteiger partial charge in [-0.25, -0.2) is 0 Å². The Morgan fingerprint density at radius 2 is 1.02 bits per heavy atom. The molecule has 8 aromatic carbocycles. The third kappa shape index (κ3) is 6.10. The molecule has 60 heavy (non-hydrogen) atoms. The minimum Gasteiger partial charge on any atom is -0.310 e. The zero-order chi connectivity index (χ0) is 40.2. The van der Waals surface area contributed by atoms with Crippen molar-refractivity contribution >= 4 is 50.8 Å². The predicted octanol–water partition coefficient (Wildman–Crippen LogP) is 15.8. The van der Waals surface area contributed by atoms with Crippen LogP contribution in [0.25, 0.3) is 72.8 Å². The molecule has 2 aliphatic carbocycles. The Hall–Kier alpha value is -7.16. The number of aryl methyl sites for hydroxylation is 2. The number of rotatable bonds is 7. The molecule has 9 aromatic rings. The molecule has 2 nitrogen and oxygen atoms in total. The van der Waals surface area contributed by atoms with Gasteiger partial charge in [-0.05, 0) is 161 Å². The third-order valence-electron chi connectivity index (χ3n) is 12.9. The second kappa shape index (κ2) is 14.9. The lowest BCUT2D eigenvalue weighted by molar-refractivity contribution is 0.922. The number of nitrogens with zero attached hydrogens (tertiary/aromatic N) is 2. The van der Waals surface area contributed by atoms with Gasteiger partial charge in [-0.3, -0.25) is 0 Å². The highest BCUT2D eigenvalue weighted by atomic mass is 15.1. The molecule has 11 rings (SSSR count). The van der Waals surface area contributed by atoms with E-state index >= 15 is 0 Å². The lowest BCUT2D eigenvalue weighted by Gasteiger charge is -2.29. The Bertz CT molecular complexity index is 3110. The van der Waals surface area contributed by atoms with Crippen molar-refractivity contribution in [3.63, 3.8) is 0 Å². The average Bonchev–Trinajstić information content (AvgIpc) is 3.64. The van der Waals surface area contributed by atoms with Gasteiger partial charge in [-0.1, -0.05) is 140 Å². The summed E-state index contributed by atoms with van der Waals surface area (Å²) in [4.78, 5) is 2.45. The Labute approximate surface area is 353 Å². The molecule has 0 saturated carbocycles. The van der Waals surface area contributed by atoms with Gasteiger partial charge in [0.05, 0.1) is 11.4 Å². The number of fused-ring (bicyclic) bond motifs is 5. The number of anilines is 3. The third-order valence-corrected chi connectivity index (χ3v) is 12.9. The summed E-state index contributed by atoms with van der Waals surface area (Å²) in [6, 6.07) is 62.8. The van der Waals surface area contributed by atoms with E-state index in [0.717, 1.165) is 42.7 Å². The molecule has 0 fully saturated rings. The summed E-state index contributed by atoms with van der Waals surface area (Å²) in [5, 5.41) is 4.87. The average molecular weight is 771 g/mol. The first-order valence-corrected chi connectivity index (χ1v) is 21.4. The maximum atomic E-state index is 2.47. The van der Waals surface area contributed by atoms with E-state index in [1.54, 1.807) is 0 Å². The topological polar surface area (TPSA) is 8.17 Å². The zero-order valence-electron chi connectivity index (χ0n) is 34.2. The largest absolute Gasteiger partial charge is 0.310 e. The fourth-order valence-corrected chi connectivity index (χ4v) is 9.84. The van der Waals surface area contributed by atoms with Gasteiger partial charge in [0.25, 0.3) is 0 Å². The first-order valence-electron chi connectivity index (χ1n) is 21.4. The molecule has 0 amide bonds. The highest BCUT2D eigenvalue weighted by Gasteiger charge is 2.24. The summed E-state index contributed by atoms with van der Waals surface area (Å²) < 4.78 is 2.47. The molecule has 0 spiro atoms. The van der Waals surface area contributed by atoms with Gasteiger partial charge in [0.1, 0.15) is 0 Å². The highest BCUT2D eigenvalue weighted by molar-refractivity contribution is 6.09. The molecule has 0 atom stereocenters. The second-order valence-corrected chi connectivity index (χ2v) is 16.4. The monoisotopic (exact) mass is 770 g/mol. The van der Waals surface area contributed by atoms with Crippen molar-refractivity contribution in [3.8, 4) is 39.1 Å². The molecular weight excluding hydrogens is 725 g/mol. The molecule has 0 radical (unpaired) electrons. The van der Waals surface area contributed by atoms with Crippen LogP contribution < -0.4 is 4.90 Å². The van der Waals surface area contributed by atoms with Crippen molar-refractivity contribution in [2.75, 3.05) is 4.90 Å². The van der Waals surface area contributed by atoms with Crippen LogP contribution >= 0.6 is 0 Å². The van der Waals surface area contributed by atoms with Crippen LogP contribution in [0.3, 0.4) is 0 Å². The van der Waals surface area contributed by atoms with Crippen molar-refractivity contribution in [2.24, 2.45) is 0 Å². The van der Waals surface area contributed by atoms with Gasteiger partial charge in [-0.15, -0.1) is 0 Å². The van der Waals surface area contributed by atoms with E-state index in [1.165, 1.54) is 94.3 Å². The van der Waals surface area contributed by atoms with Gasteiger partial charge in [0.2, 0.25) is 0 Å². The quantitative estimate of drug-likeness (QED) is 0.157. The summed E-state index contributed by atoms with van der Waals surface area (Å²) in [5.41, 5.74) is 20.4. The summed E-state index contributed by atoms with van der Waals surface area (Å²) in [7, 11) is 0. The van der Waals surface area contributed by atoms with Crippen molar-refractivity contribution in [1.29, 1.82) is 0 Å². The lowest BCUT2D eigenvalue weighted by Crippen LogP contribution is -2.11. The fourth-order valence-electron chi connectivity index (χ4n) is 9.84. The number of aromatic nitrogens is 1. The molecule has 1 aromatic heterocycles. The molecule has 1 heterocycles. The van der Waals surface area contributed by atoms with Gasteiger partial charge in [-0.2, -0.15) is 0 Å². The van der Waals surface area contributed by atoms with Crippen LogP contribution in [-0.4, -0.2) is 4.57 Å². The SMILES string of the molecule is Cc1ccccc1-c1cc(-c2ccc(N(c3ccc(-c4ccc(-n5c6c(c7c5C=CCC7)CCC=C6)cc4)cc3)c3cccc4ccccc34)c3ccccc23)ccc1C. The van der Waals surface area contributed by atoms with E-state index < -0.39 is 0 Å². The van der Waals surface area contributed by atoms with E-state index in [1.807, 2.05) is 0 Å². The number of hydrogen-bond donors (Lipinski definition) is 0. The normalized spacial score (nSPS) is 13.1. The summed E-state index contributed by atoms with van der Waals surface area (Å²) in [6.07, 6.45) is 13.9. The summed E-state index contributed by atoms with van der Waals surface area (Å²) in [5.74, 6) is 0. The Kier molecular flexibility index (Phi) is 8.93. The van der Waals surface area contributed by atoms with Crippen LogP contribution in [0.5, 0.6) is 0 Å². The second-order valence-electron chi connectivity index (χ2n) is 16.4. The molecule has 0 saturated heterocycles. The predicted molar refractivity (Wildman–Crippen MR) is 256 cm³/mol. The van der Waals surface area contributed by atoms with E-state index in [4.69, 9.17) is 0 Å². The maximum absolute atomic E-state index is 2.47. The van der Waals surface area contributed by atoms with E-state index in [-0.39, 0.29) is 0 Å². The highest BCUT2D eigenvalue weighted by Crippen LogP contribution is 2.45. The first-order chi connectivity index (χ1) is 29.6.